The van der Waals surface area contributed by atoms with E-state index in [1.165, 1.54) is 12.1 Å². The minimum absolute atomic E-state index is 0.0129. The third-order valence-electron chi connectivity index (χ3n) is 5.56. The number of nitrogens with zero attached hydrogens (tertiary/aromatic N) is 3. The van der Waals surface area contributed by atoms with E-state index in [1.54, 1.807) is 29.2 Å². The Morgan fingerprint density at radius 3 is 2.44 bits per heavy atom. The zero-order valence-electron chi connectivity index (χ0n) is 18.0. The lowest BCUT2D eigenvalue weighted by Gasteiger charge is -2.32. The highest BCUT2D eigenvalue weighted by Crippen LogP contribution is 2.40. The van der Waals surface area contributed by atoms with Gasteiger partial charge in [0.2, 0.25) is 5.82 Å². The molecule has 2 aromatic carbocycles. The fraction of sp³-hybridized carbons (Fsp3) is 0.348. The highest BCUT2D eigenvalue weighted by Gasteiger charge is 2.36. The van der Waals surface area contributed by atoms with E-state index in [-0.39, 0.29) is 55.4 Å². The highest BCUT2D eigenvalue weighted by molar-refractivity contribution is 5.69. The second-order valence-corrected chi connectivity index (χ2v) is 8.01. The SMILES string of the molecule is O=C(O)CNCc1ccc(-c2nc(-c3ccc(N4CCC(F)CC4)c(C(F)(F)F)c3)no2)cc1. The van der Waals surface area contributed by atoms with Crippen molar-refractivity contribution in [3.8, 4) is 22.8 Å². The van der Waals surface area contributed by atoms with Gasteiger partial charge in [-0.05, 0) is 48.7 Å². The molecule has 7 nitrogen and oxygen atoms in total. The van der Waals surface area contributed by atoms with Gasteiger partial charge in [0.15, 0.2) is 0 Å². The van der Waals surface area contributed by atoms with E-state index in [0.29, 0.717) is 12.1 Å². The van der Waals surface area contributed by atoms with Crippen LogP contribution in [0.15, 0.2) is 47.0 Å². The first-order valence-corrected chi connectivity index (χ1v) is 10.7. The van der Waals surface area contributed by atoms with Gasteiger partial charge in [0.1, 0.15) is 6.17 Å². The van der Waals surface area contributed by atoms with Gasteiger partial charge in [-0.15, -0.1) is 0 Å². The number of piperidine rings is 1. The van der Waals surface area contributed by atoms with Crippen LogP contribution in [-0.2, 0) is 17.5 Å². The number of carboxylic acid groups (broad SMARTS) is 1. The molecule has 1 aromatic heterocycles. The monoisotopic (exact) mass is 478 g/mol. The number of carbonyl (C=O) groups is 1. The largest absolute Gasteiger partial charge is 0.480 e. The average molecular weight is 478 g/mol. The topological polar surface area (TPSA) is 91.5 Å². The maximum Gasteiger partial charge on any atom is 0.418 e. The van der Waals surface area contributed by atoms with Crippen molar-refractivity contribution in [1.82, 2.24) is 15.5 Å². The number of anilines is 1. The number of alkyl halides is 4. The van der Waals surface area contributed by atoms with E-state index < -0.39 is 23.9 Å². The molecule has 4 rings (SSSR count). The number of aromatic nitrogens is 2. The van der Waals surface area contributed by atoms with E-state index >= 15 is 0 Å². The molecule has 1 fully saturated rings. The summed E-state index contributed by atoms with van der Waals surface area (Å²) in [7, 11) is 0. The first-order chi connectivity index (χ1) is 16.2. The standard InChI is InChI=1S/C23H22F4N4O3/c24-17-7-9-31(10-8-17)19-6-5-16(11-18(19)23(25,26)27)21-29-22(34-30-21)15-3-1-14(2-4-15)12-28-13-20(32)33/h1-6,11,17,28H,7-10,12-13H2,(H,32,33). The second kappa shape index (κ2) is 9.80. The van der Waals surface area contributed by atoms with Crippen LogP contribution >= 0.6 is 0 Å². The zero-order valence-corrected chi connectivity index (χ0v) is 18.0. The summed E-state index contributed by atoms with van der Waals surface area (Å²) in [6.07, 6.45) is -5.20. The van der Waals surface area contributed by atoms with Crippen molar-refractivity contribution in [3.63, 3.8) is 0 Å². The smallest absolute Gasteiger partial charge is 0.418 e. The molecule has 1 saturated heterocycles. The summed E-state index contributed by atoms with van der Waals surface area (Å²) in [4.78, 5) is 16.4. The van der Waals surface area contributed by atoms with Gasteiger partial charge in [-0.3, -0.25) is 4.79 Å². The fourth-order valence-electron chi connectivity index (χ4n) is 3.80. The summed E-state index contributed by atoms with van der Waals surface area (Å²) in [5, 5.41) is 15.3. The Morgan fingerprint density at radius 2 is 1.79 bits per heavy atom. The Bertz CT molecular complexity index is 1140. The minimum atomic E-state index is -4.60. The Hall–Kier alpha value is -3.47. The molecule has 11 heteroatoms. The third kappa shape index (κ3) is 5.53. The van der Waals surface area contributed by atoms with Crippen molar-refractivity contribution < 1.29 is 32.0 Å². The van der Waals surface area contributed by atoms with Gasteiger partial charge < -0.3 is 19.8 Å². The van der Waals surface area contributed by atoms with Crippen molar-refractivity contribution in [2.75, 3.05) is 24.5 Å². The number of aliphatic carboxylic acids is 1. The number of nitrogens with one attached hydrogen (secondary N) is 1. The molecule has 0 amide bonds. The lowest BCUT2D eigenvalue weighted by Crippen LogP contribution is -2.35. The number of rotatable bonds is 7. The maximum absolute atomic E-state index is 13.8. The van der Waals surface area contributed by atoms with E-state index in [2.05, 4.69) is 15.5 Å². The summed E-state index contributed by atoms with van der Waals surface area (Å²) < 4.78 is 60.1. The number of benzene rings is 2. The third-order valence-corrected chi connectivity index (χ3v) is 5.56. The van der Waals surface area contributed by atoms with Crippen LogP contribution in [0.1, 0.15) is 24.0 Å². The molecule has 2 N–H and O–H groups in total. The van der Waals surface area contributed by atoms with E-state index in [1.807, 2.05) is 0 Å². The number of halogens is 4. The summed E-state index contributed by atoms with van der Waals surface area (Å²) in [6.45, 7) is 0.633. The molecule has 0 spiro atoms. The van der Waals surface area contributed by atoms with Crippen LogP contribution in [0.4, 0.5) is 23.2 Å². The molecule has 0 bridgehead atoms. The van der Waals surface area contributed by atoms with Crippen LogP contribution in [0, 0.1) is 0 Å². The number of carboxylic acids is 1. The Labute approximate surface area is 192 Å². The molecule has 1 aliphatic rings. The average Bonchev–Trinajstić information content (AvgIpc) is 3.29. The first kappa shape index (κ1) is 23.7. The van der Waals surface area contributed by atoms with E-state index in [9.17, 15) is 22.4 Å². The molecule has 0 atom stereocenters. The Balaban J connectivity index is 1.54. The summed E-state index contributed by atoms with van der Waals surface area (Å²) in [6, 6.07) is 10.8. The van der Waals surface area contributed by atoms with Gasteiger partial charge in [-0.1, -0.05) is 17.3 Å². The van der Waals surface area contributed by atoms with Gasteiger partial charge >= 0.3 is 12.1 Å². The van der Waals surface area contributed by atoms with E-state index in [0.717, 1.165) is 11.6 Å². The van der Waals surface area contributed by atoms with Crippen LogP contribution in [0.5, 0.6) is 0 Å². The molecule has 3 aromatic rings. The Kier molecular flexibility index (Phi) is 6.82. The van der Waals surface area contributed by atoms with Crippen molar-refractivity contribution in [2.45, 2.75) is 31.7 Å². The fourth-order valence-corrected chi connectivity index (χ4v) is 3.80. The van der Waals surface area contributed by atoms with Crippen molar-refractivity contribution >= 4 is 11.7 Å². The van der Waals surface area contributed by atoms with Gasteiger partial charge in [-0.25, -0.2) is 4.39 Å². The van der Waals surface area contributed by atoms with Crippen LogP contribution in [0.2, 0.25) is 0 Å². The van der Waals surface area contributed by atoms with Crippen LogP contribution in [0.3, 0.4) is 0 Å². The minimum Gasteiger partial charge on any atom is -0.480 e. The van der Waals surface area contributed by atoms with Crippen LogP contribution in [-0.4, -0.2) is 47.0 Å². The quantitative estimate of drug-likeness (QED) is 0.482. The molecule has 0 unspecified atom stereocenters. The molecule has 0 saturated carbocycles. The normalized spacial score (nSPS) is 15.0. The highest BCUT2D eigenvalue weighted by atomic mass is 19.4. The molecule has 180 valence electrons. The van der Waals surface area contributed by atoms with E-state index in [4.69, 9.17) is 9.63 Å². The number of hydrogen-bond acceptors (Lipinski definition) is 6. The second-order valence-electron chi connectivity index (χ2n) is 8.01. The lowest BCUT2D eigenvalue weighted by atomic mass is 10.0. The Morgan fingerprint density at radius 1 is 1.12 bits per heavy atom. The van der Waals surface area contributed by atoms with Crippen LogP contribution < -0.4 is 10.2 Å². The summed E-state index contributed by atoms with van der Waals surface area (Å²) >= 11 is 0. The number of hydrogen-bond donors (Lipinski definition) is 2. The van der Waals surface area contributed by atoms with Crippen LogP contribution in [0.25, 0.3) is 22.8 Å². The first-order valence-electron chi connectivity index (χ1n) is 10.7. The molecule has 34 heavy (non-hydrogen) atoms. The molecule has 2 heterocycles. The molecular weight excluding hydrogens is 456 g/mol. The summed E-state index contributed by atoms with van der Waals surface area (Å²) in [5.41, 5.74) is 0.751. The molecule has 0 aliphatic carbocycles. The maximum atomic E-state index is 13.8. The van der Waals surface area contributed by atoms with Crippen molar-refractivity contribution in [1.29, 1.82) is 0 Å². The van der Waals surface area contributed by atoms with Crippen molar-refractivity contribution in [3.05, 3.63) is 53.6 Å². The predicted octanol–water partition coefficient (Wildman–Crippen LogP) is 4.53. The van der Waals surface area contributed by atoms with Gasteiger partial charge in [-0.2, -0.15) is 18.2 Å². The molecule has 1 aliphatic heterocycles. The zero-order chi connectivity index (χ0) is 24.3. The summed E-state index contributed by atoms with van der Waals surface area (Å²) in [5.74, 6) is -0.800. The lowest BCUT2D eigenvalue weighted by molar-refractivity contribution is -0.137. The molecular formula is C23H22F4N4O3. The van der Waals surface area contributed by atoms with Gasteiger partial charge in [0.25, 0.3) is 5.89 Å². The van der Waals surface area contributed by atoms with Crippen molar-refractivity contribution in [2.24, 2.45) is 0 Å². The molecule has 0 radical (unpaired) electrons. The predicted molar refractivity (Wildman–Crippen MR) is 116 cm³/mol. The van der Waals surface area contributed by atoms with Gasteiger partial charge in [0.05, 0.1) is 12.1 Å². The van der Waals surface area contributed by atoms with Gasteiger partial charge in [0, 0.05) is 36.4 Å².